The van der Waals surface area contributed by atoms with Crippen LogP contribution in [0.15, 0.2) is 39.2 Å². The van der Waals surface area contributed by atoms with E-state index in [1.54, 1.807) is 0 Å². The first kappa shape index (κ1) is 41.4. The molecule has 0 bridgehead atoms. The number of benzene rings is 2. The Labute approximate surface area is 284 Å². The number of rotatable bonds is 9. The molecule has 8 N–H and O–H groups in total. The number of hydrogen-bond acceptors (Lipinski definition) is 16. The van der Waals surface area contributed by atoms with Crippen LogP contribution in [-0.2, 0) is 80.9 Å². The molecule has 24 nitrogen and oxygen atoms in total. The van der Waals surface area contributed by atoms with E-state index in [0.29, 0.717) is 45.2 Å². The molecule has 0 radical (unpaired) electrons. The second kappa shape index (κ2) is 11.9. The maximum Gasteiger partial charge on any atom is 0.297 e. The molecule has 0 aliphatic rings. The van der Waals surface area contributed by atoms with Gasteiger partial charge < -0.3 is 0 Å². The van der Waals surface area contributed by atoms with Crippen LogP contribution < -0.4 is 0 Å². The molecule has 0 aliphatic heterocycles. The van der Waals surface area contributed by atoms with Gasteiger partial charge >= 0.3 is 0 Å². The Kier molecular flexibility index (Phi) is 10.7. The average molecular weight is 1050 g/mol. The van der Waals surface area contributed by atoms with Crippen LogP contribution in [0.25, 0.3) is 11.1 Å². The zero-order chi connectivity index (χ0) is 36.9. The van der Waals surface area contributed by atoms with Crippen molar-refractivity contribution < 1.29 is 104 Å². The summed E-state index contributed by atoms with van der Waals surface area (Å²) >= 11 is 0.630. The van der Waals surface area contributed by atoms with Crippen molar-refractivity contribution in [3.05, 3.63) is 7.14 Å². The van der Waals surface area contributed by atoms with Gasteiger partial charge in [0.2, 0.25) is 0 Å². The van der Waals surface area contributed by atoms with Gasteiger partial charge in [0.05, 0.1) is 7.14 Å². The molecule has 0 heterocycles. The normalized spacial score (nSPS) is 14.4. The van der Waals surface area contributed by atoms with Gasteiger partial charge in [0, 0.05) is 11.1 Å². The smallest absolute Gasteiger partial charge is 0.282 e. The minimum absolute atomic E-state index is 0.315. The highest BCUT2D eigenvalue weighted by molar-refractivity contribution is 14.1. The van der Waals surface area contributed by atoms with E-state index in [9.17, 15) is 104 Å². The first-order valence-corrected chi connectivity index (χ1v) is 23.1. The predicted octanol–water partition coefficient (Wildman–Crippen LogP) is -1.46. The molecule has 2 aromatic rings. The van der Waals surface area contributed by atoms with Crippen molar-refractivity contribution >= 4 is 126 Å². The van der Waals surface area contributed by atoms with Crippen molar-refractivity contribution in [2.75, 3.05) is 0 Å². The first-order valence-electron chi connectivity index (χ1n) is 9.39. The van der Waals surface area contributed by atoms with Crippen molar-refractivity contribution in [1.82, 2.24) is 0 Å². The van der Waals surface area contributed by atoms with Crippen LogP contribution in [0.3, 0.4) is 0 Å². The van der Waals surface area contributed by atoms with Gasteiger partial charge in [-0.1, -0.05) is 0 Å². The summed E-state index contributed by atoms with van der Waals surface area (Å²) in [5.74, 6) is 0. The lowest BCUT2D eigenvalue weighted by Gasteiger charge is -2.24. The molecule has 0 saturated heterocycles. The predicted molar refractivity (Wildman–Crippen MR) is 156 cm³/mol. The third-order valence-electron chi connectivity index (χ3n) is 4.84. The second-order valence-electron chi connectivity index (χ2n) is 7.81. The van der Waals surface area contributed by atoms with Crippen LogP contribution in [0.2, 0.25) is 0 Å². The Morgan fingerprint density at radius 2 is 0.370 bits per heavy atom. The summed E-state index contributed by atoms with van der Waals surface area (Å²) in [5.41, 5.74) is -6.12. The van der Waals surface area contributed by atoms with E-state index >= 15 is 0 Å². The van der Waals surface area contributed by atoms with Gasteiger partial charge in [0.25, 0.3) is 80.9 Å². The monoisotopic (exact) mass is 1050 g/mol. The molecule has 0 fully saturated rings. The summed E-state index contributed by atoms with van der Waals surface area (Å²) in [7, 11) is -53.7. The highest BCUT2D eigenvalue weighted by Gasteiger charge is 2.49. The minimum atomic E-state index is -6.87. The van der Waals surface area contributed by atoms with Crippen LogP contribution in [0.5, 0.6) is 0 Å². The summed E-state index contributed by atoms with van der Waals surface area (Å²) in [6, 6.07) is 0. The molecule has 0 spiro atoms. The lowest BCUT2D eigenvalue weighted by molar-refractivity contribution is 0.452. The van der Waals surface area contributed by atoms with Crippen molar-refractivity contribution in [1.29, 1.82) is 0 Å². The molecular weight excluding hydrogens is 1040 g/mol. The maximum atomic E-state index is 12.6. The van der Waals surface area contributed by atoms with Gasteiger partial charge in [-0.2, -0.15) is 67.3 Å². The van der Waals surface area contributed by atoms with Crippen LogP contribution in [-0.4, -0.2) is 104 Å². The van der Waals surface area contributed by atoms with E-state index in [1.165, 1.54) is 0 Å². The molecule has 34 heteroatoms. The first-order chi connectivity index (χ1) is 19.8. The largest absolute Gasteiger partial charge is 0.297 e. The molecule has 0 amide bonds. The summed E-state index contributed by atoms with van der Waals surface area (Å²) in [5, 5.41) is 0. The Hall–Kier alpha value is -0.820. The van der Waals surface area contributed by atoms with Gasteiger partial charge in [-0.25, -0.2) is 0 Å². The molecule has 0 atom stereocenters. The number of hydrogen-bond donors (Lipinski definition) is 8. The molecular formula is C12H8I2O24S8. The Balaban J connectivity index is 4.34. The summed E-state index contributed by atoms with van der Waals surface area (Å²) in [4.78, 5) is -22.6. The fourth-order valence-electron chi connectivity index (χ4n) is 3.63. The molecule has 2 aromatic carbocycles. The van der Waals surface area contributed by atoms with Crippen molar-refractivity contribution in [3.63, 3.8) is 0 Å². The molecule has 0 aromatic heterocycles. The standard InChI is InChI=1S/C12H8I2O24S8/c13-3-9(43(27,28)29)5(39(15,16)17)1(6(40(18,19)20)10(3)44(30,31)32)2-7(41(21,22)23)11(45(33,34)35)4(14)12(46(36,37)38)8(2)42(24,25)26/h(H,15,16,17)(H,18,19,20)(H,21,22,23)(H,24,25,26)(H,27,28,29)(H,30,31,32)(H,33,34,35)(H,36,37,38). The van der Waals surface area contributed by atoms with E-state index in [4.69, 9.17) is 0 Å². The summed E-state index contributed by atoms with van der Waals surface area (Å²) in [6.45, 7) is 0. The lowest BCUT2D eigenvalue weighted by Crippen LogP contribution is -2.24. The fraction of sp³-hybridized carbons (Fsp3) is 0. The van der Waals surface area contributed by atoms with E-state index in [2.05, 4.69) is 0 Å². The van der Waals surface area contributed by atoms with E-state index in [-0.39, 0.29) is 0 Å². The number of halogens is 2. The quantitative estimate of drug-likeness (QED) is 0.105. The SMILES string of the molecule is O=S(=O)(O)c1c(I)c(S(=O)(=O)O)c(S(=O)(=O)O)c(-c2c(S(=O)(=O)O)c(S(=O)(=O)O)c(I)c(S(=O)(=O)O)c2S(=O)(=O)O)c1S(=O)(=O)O. The highest BCUT2D eigenvalue weighted by atomic mass is 127. The molecule has 0 unspecified atom stereocenters. The topological polar surface area (TPSA) is 435 Å². The highest BCUT2D eigenvalue weighted by Crippen LogP contribution is 2.52. The average Bonchev–Trinajstić information content (AvgIpc) is 2.71. The van der Waals surface area contributed by atoms with E-state index in [0.717, 1.165) is 0 Å². The van der Waals surface area contributed by atoms with Crippen LogP contribution >= 0.6 is 45.2 Å². The second-order valence-corrected chi connectivity index (χ2v) is 20.8. The van der Waals surface area contributed by atoms with Gasteiger partial charge in [0.1, 0.15) is 39.2 Å². The summed E-state index contributed by atoms with van der Waals surface area (Å²) < 4.78 is 273. The van der Waals surface area contributed by atoms with E-state index < -0.39 is 138 Å². The Bertz CT molecular complexity index is 2290. The molecule has 2 rings (SSSR count). The van der Waals surface area contributed by atoms with Gasteiger partial charge in [-0.3, -0.25) is 36.4 Å². The summed E-state index contributed by atoms with van der Waals surface area (Å²) in [6.07, 6.45) is 0. The molecule has 0 saturated carbocycles. The fourth-order valence-corrected chi connectivity index (χ4v) is 17.4. The molecule has 0 aliphatic carbocycles. The van der Waals surface area contributed by atoms with Crippen LogP contribution in [0.1, 0.15) is 0 Å². The maximum absolute atomic E-state index is 12.6. The van der Waals surface area contributed by atoms with Crippen molar-refractivity contribution in [2.45, 2.75) is 39.2 Å². The Morgan fingerprint density at radius 1 is 0.261 bits per heavy atom. The Morgan fingerprint density at radius 3 is 0.457 bits per heavy atom. The molecule has 262 valence electrons. The van der Waals surface area contributed by atoms with Crippen LogP contribution in [0, 0.1) is 7.14 Å². The van der Waals surface area contributed by atoms with Crippen LogP contribution in [0.4, 0.5) is 0 Å². The lowest BCUT2D eigenvalue weighted by atomic mass is 10.0. The third-order valence-corrected chi connectivity index (χ3v) is 16.4. The van der Waals surface area contributed by atoms with Gasteiger partial charge in [-0.05, 0) is 45.2 Å². The molecule has 46 heavy (non-hydrogen) atoms. The van der Waals surface area contributed by atoms with Crippen molar-refractivity contribution in [3.8, 4) is 11.1 Å². The minimum Gasteiger partial charge on any atom is -0.282 e. The van der Waals surface area contributed by atoms with Gasteiger partial charge in [0.15, 0.2) is 0 Å². The van der Waals surface area contributed by atoms with E-state index in [1.807, 2.05) is 0 Å². The zero-order valence-corrected chi connectivity index (χ0v) is 31.0. The van der Waals surface area contributed by atoms with Gasteiger partial charge in [-0.15, -0.1) is 0 Å². The zero-order valence-electron chi connectivity index (χ0n) is 20.1. The van der Waals surface area contributed by atoms with Crippen molar-refractivity contribution in [2.24, 2.45) is 0 Å². The third kappa shape index (κ3) is 7.81.